The van der Waals surface area contributed by atoms with Gasteiger partial charge in [-0.1, -0.05) is 12.2 Å². The van der Waals surface area contributed by atoms with Crippen molar-refractivity contribution in [3.8, 4) is 0 Å². The van der Waals surface area contributed by atoms with E-state index in [9.17, 15) is 30.7 Å². The second-order valence-corrected chi connectivity index (χ2v) is 3.57. The van der Waals surface area contributed by atoms with Crippen molar-refractivity contribution in [2.24, 2.45) is 5.92 Å². The quantitative estimate of drug-likeness (QED) is 0.515. The Morgan fingerprint density at radius 1 is 1.00 bits per heavy atom. The normalized spacial score (nSPS) is 19.8. The van der Waals surface area contributed by atoms with Gasteiger partial charge in [0.05, 0.1) is 5.92 Å². The van der Waals surface area contributed by atoms with Crippen LogP contribution in [0, 0.1) is 5.92 Å². The molecule has 0 heterocycles. The summed E-state index contributed by atoms with van der Waals surface area (Å²) in [6.45, 7) is 1.33. The molecular weight excluding hydrogens is 241 g/mol. The van der Waals surface area contributed by atoms with Crippen molar-refractivity contribution in [1.29, 1.82) is 0 Å². The molecule has 0 nitrogen and oxygen atoms in total. The largest absolute Gasteiger partial charge is 0.422 e. The van der Waals surface area contributed by atoms with Gasteiger partial charge in [0.1, 0.15) is 0 Å². The third-order valence-corrected chi connectivity index (χ3v) is 2.04. The molecule has 0 aliphatic carbocycles. The predicted molar refractivity (Wildman–Crippen MR) is 44.5 cm³/mol. The van der Waals surface area contributed by atoms with Crippen molar-refractivity contribution < 1.29 is 30.7 Å². The molecule has 0 aliphatic rings. The highest BCUT2D eigenvalue weighted by atomic mass is 19.4. The minimum atomic E-state index is -5.31. The topological polar surface area (TPSA) is 0 Å². The monoisotopic (exact) mass is 252 g/mol. The zero-order chi connectivity index (χ0) is 13.2. The molecule has 96 valence electrons. The van der Waals surface area contributed by atoms with Gasteiger partial charge < -0.3 is 0 Å². The summed E-state index contributed by atoms with van der Waals surface area (Å²) in [5.74, 6) is -2.44. The molecular formula is C9H11F7. The van der Waals surface area contributed by atoms with Gasteiger partial charge in [-0.25, -0.2) is 4.39 Å². The van der Waals surface area contributed by atoms with Gasteiger partial charge in [0, 0.05) is 6.42 Å². The lowest BCUT2D eigenvalue weighted by Crippen LogP contribution is -2.41. The maximum atomic E-state index is 13.0. The first kappa shape index (κ1) is 15.2. The number of halogens is 7. The van der Waals surface area contributed by atoms with Crippen LogP contribution in [0.1, 0.15) is 20.3 Å². The van der Waals surface area contributed by atoms with Gasteiger partial charge in [0.2, 0.25) is 5.67 Å². The Kier molecular flexibility index (Phi) is 4.41. The molecule has 7 heteroatoms. The first-order valence-electron chi connectivity index (χ1n) is 4.37. The van der Waals surface area contributed by atoms with Crippen molar-refractivity contribution in [2.45, 2.75) is 38.3 Å². The average molecular weight is 252 g/mol. The SMILES string of the molecule is CC=CC(CC(C)(F)C(F)(F)F)C(F)(F)F. The van der Waals surface area contributed by atoms with E-state index in [0.717, 1.165) is 6.08 Å². The van der Waals surface area contributed by atoms with Crippen molar-refractivity contribution in [3.05, 3.63) is 12.2 Å². The lowest BCUT2D eigenvalue weighted by Gasteiger charge is -2.28. The predicted octanol–water partition coefficient (Wildman–Crippen LogP) is 4.42. The highest BCUT2D eigenvalue weighted by Gasteiger charge is 2.55. The van der Waals surface area contributed by atoms with Gasteiger partial charge in [-0.3, -0.25) is 0 Å². The Bertz CT molecular complexity index is 246. The minimum absolute atomic E-state index is 0.106. The summed E-state index contributed by atoms with van der Waals surface area (Å²) in [7, 11) is 0. The van der Waals surface area contributed by atoms with Crippen LogP contribution >= 0.6 is 0 Å². The molecule has 0 aliphatic heterocycles. The third-order valence-electron chi connectivity index (χ3n) is 2.04. The summed E-state index contributed by atoms with van der Waals surface area (Å²) in [6.07, 6.45) is -10.4. The van der Waals surface area contributed by atoms with Crippen LogP contribution in [0.25, 0.3) is 0 Å². The summed E-state index contributed by atoms with van der Waals surface area (Å²) in [6, 6.07) is 0. The van der Waals surface area contributed by atoms with Crippen LogP contribution in [0.15, 0.2) is 12.2 Å². The zero-order valence-corrected chi connectivity index (χ0v) is 8.58. The molecule has 0 saturated heterocycles. The van der Waals surface area contributed by atoms with E-state index in [2.05, 4.69) is 0 Å². The van der Waals surface area contributed by atoms with E-state index >= 15 is 0 Å². The van der Waals surface area contributed by atoms with Crippen molar-refractivity contribution in [3.63, 3.8) is 0 Å². The number of alkyl halides is 7. The molecule has 0 rings (SSSR count). The Labute approximate surface area is 88.1 Å². The first-order valence-corrected chi connectivity index (χ1v) is 4.37. The van der Waals surface area contributed by atoms with Gasteiger partial charge in [-0.15, -0.1) is 0 Å². The van der Waals surface area contributed by atoms with E-state index in [0.29, 0.717) is 6.08 Å². The second-order valence-electron chi connectivity index (χ2n) is 3.57. The smallest absolute Gasteiger partial charge is 0.234 e. The van der Waals surface area contributed by atoms with E-state index in [1.165, 1.54) is 6.92 Å². The maximum absolute atomic E-state index is 13.0. The van der Waals surface area contributed by atoms with E-state index in [4.69, 9.17) is 0 Å². The maximum Gasteiger partial charge on any atom is 0.422 e. The van der Waals surface area contributed by atoms with Gasteiger partial charge in [0.25, 0.3) is 0 Å². The number of rotatable bonds is 3. The van der Waals surface area contributed by atoms with Crippen LogP contribution in [-0.2, 0) is 0 Å². The van der Waals surface area contributed by atoms with Gasteiger partial charge >= 0.3 is 12.4 Å². The Balaban J connectivity index is 4.91. The summed E-state index contributed by atoms with van der Waals surface area (Å²) in [5.41, 5.74) is -3.85. The fourth-order valence-corrected chi connectivity index (χ4v) is 1.05. The van der Waals surface area contributed by atoms with Crippen LogP contribution in [0.4, 0.5) is 30.7 Å². The molecule has 0 spiro atoms. The molecule has 0 aromatic rings. The van der Waals surface area contributed by atoms with Gasteiger partial charge in [-0.05, 0) is 13.8 Å². The molecule has 0 aromatic heterocycles. The van der Waals surface area contributed by atoms with E-state index in [-0.39, 0.29) is 6.92 Å². The van der Waals surface area contributed by atoms with E-state index < -0.39 is 30.4 Å². The lowest BCUT2D eigenvalue weighted by molar-refractivity contribution is -0.242. The molecule has 0 fully saturated rings. The number of hydrogen-bond acceptors (Lipinski definition) is 0. The van der Waals surface area contributed by atoms with Crippen molar-refractivity contribution >= 4 is 0 Å². The summed E-state index contributed by atoms with van der Waals surface area (Å²) < 4.78 is 85.9. The molecule has 2 atom stereocenters. The molecule has 2 unspecified atom stereocenters. The van der Waals surface area contributed by atoms with Crippen molar-refractivity contribution in [1.82, 2.24) is 0 Å². The molecule has 0 radical (unpaired) electrons. The highest BCUT2D eigenvalue weighted by molar-refractivity contribution is 4.96. The summed E-state index contributed by atoms with van der Waals surface area (Å²) in [4.78, 5) is 0. The van der Waals surface area contributed by atoms with Crippen LogP contribution in [-0.4, -0.2) is 18.0 Å². The van der Waals surface area contributed by atoms with Crippen LogP contribution < -0.4 is 0 Å². The van der Waals surface area contributed by atoms with Crippen LogP contribution in [0.5, 0.6) is 0 Å². The minimum Gasteiger partial charge on any atom is -0.234 e. The highest BCUT2D eigenvalue weighted by Crippen LogP contribution is 2.42. The van der Waals surface area contributed by atoms with E-state index in [1.54, 1.807) is 0 Å². The fraction of sp³-hybridized carbons (Fsp3) is 0.778. The molecule has 0 saturated carbocycles. The average Bonchev–Trinajstić information content (AvgIpc) is 1.99. The van der Waals surface area contributed by atoms with E-state index in [1.807, 2.05) is 0 Å². The molecule has 0 N–H and O–H groups in total. The van der Waals surface area contributed by atoms with Gasteiger partial charge in [0.15, 0.2) is 0 Å². The Morgan fingerprint density at radius 3 is 1.69 bits per heavy atom. The van der Waals surface area contributed by atoms with Crippen LogP contribution in [0.2, 0.25) is 0 Å². The lowest BCUT2D eigenvalue weighted by atomic mass is 9.92. The first-order chi connectivity index (χ1) is 6.92. The molecule has 0 aromatic carbocycles. The fourth-order valence-electron chi connectivity index (χ4n) is 1.05. The number of hydrogen-bond donors (Lipinski definition) is 0. The zero-order valence-electron chi connectivity index (χ0n) is 8.58. The standard InChI is InChI=1S/C9H11F7/c1-3-4-6(8(11,12)13)5-7(2,10)9(14,15)16/h3-4,6H,5H2,1-2H3. The summed E-state index contributed by atoms with van der Waals surface area (Å²) in [5, 5.41) is 0. The molecule has 0 amide bonds. The Morgan fingerprint density at radius 2 is 1.44 bits per heavy atom. The second kappa shape index (κ2) is 4.63. The van der Waals surface area contributed by atoms with Crippen molar-refractivity contribution in [2.75, 3.05) is 0 Å². The van der Waals surface area contributed by atoms with Gasteiger partial charge in [-0.2, -0.15) is 26.3 Å². The van der Waals surface area contributed by atoms with Crippen LogP contribution in [0.3, 0.4) is 0 Å². The third kappa shape index (κ3) is 4.02. The Hall–Kier alpha value is -0.750. The molecule has 16 heavy (non-hydrogen) atoms. The number of allylic oxidation sites excluding steroid dienone is 2. The molecule has 0 bridgehead atoms. The summed E-state index contributed by atoms with van der Waals surface area (Å²) >= 11 is 0.